The first-order valence-corrected chi connectivity index (χ1v) is 6.85. The highest BCUT2D eigenvalue weighted by molar-refractivity contribution is 5.79. The zero-order chi connectivity index (χ0) is 14.6. The lowest BCUT2D eigenvalue weighted by atomic mass is 9.82. The first kappa shape index (κ1) is 15.7. The Kier molecular flexibility index (Phi) is 5.12. The van der Waals surface area contributed by atoms with Gasteiger partial charge in [0.05, 0.1) is 0 Å². The minimum absolute atomic E-state index is 0.0247. The number of amides is 1. The van der Waals surface area contributed by atoms with Crippen LogP contribution in [-0.2, 0) is 10.2 Å². The van der Waals surface area contributed by atoms with E-state index in [0.29, 0.717) is 6.54 Å². The van der Waals surface area contributed by atoms with E-state index in [9.17, 15) is 4.79 Å². The maximum absolute atomic E-state index is 12.0. The molecule has 0 aromatic heterocycles. The number of hydrogen-bond acceptors (Lipinski definition) is 2. The van der Waals surface area contributed by atoms with Crippen molar-refractivity contribution < 1.29 is 4.79 Å². The molecule has 0 aliphatic heterocycles. The third-order valence-corrected chi connectivity index (χ3v) is 3.78. The summed E-state index contributed by atoms with van der Waals surface area (Å²) in [5, 5.41) is 3.01. The highest BCUT2D eigenvalue weighted by Crippen LogP contribution is 2.25. The molecule has 3 nitrogen and oxygen atoms in total. The van der Waals surface area contributed by atoms with E-state index in [4.69, 9.17) is 5.73 Å². The fourth-order valence-electron chi connectivity index (χ4n) is 2.14. The van der Waals surface area contributed by atoms with Crippen molar-refractivity contribution in [2.24, 2.45) is 11.7 Å². The monoisotopic (exact) mass is 262 g/mol. The lowest BCUT2D eigenvalue weighted by molar-refractivity contribution is -0.125. The van der Waals surface area contributed by atoms with E-state index in [2.05, 4.69) is 38.2 Å². The normalized spacial score (nSPS) is 14.8. The van der Waals surface area contributed by atoms with E-state index in [1.807, 2.05) is 26.0 Å². The summed E-state index contributed by atoms with van der Waals surface area (Å²) >= 11 is 0. The van der Waals surface area contributed by atoms with E-state index in [0.717, 1.165) is 0 Å². The molecule has 0 saturated heterocycles. The van der Waals surface area contributed by atoms with Crippen LogP contribution < -0.4 is 11.1 Å². The van der Waals surface area contributed by atoms with Gasteiger partial charge in [-0.05, 0) is 25.0 Å². The molecule has 0 bridgehead atoms. The summed E-state index contributed by atoms with van der Waals surface area (Å²) in [5.74, 6) is -0.135. The summed E-state index contributed by atoms with van der Waals surface area (Å²) in [4.78, 5) is 12.0. The second-order valence-corrected chi connectivity index (χ2v) is 6.06. The number of benzene rings is 1. The molecule has 3 heteroatoms. The molecule has 0 radical (unpaired) electrons. The van der Waals surface area contributed by atoms with E-state index >= 15 is 0 Å². The van der Waals surface area contributed by atoms with Gasteiger partial charge < -0.3 is 11.1 Å². The third kappa shape index (κ3) is 4.06. The van der Waals surface area contributed by atoms with Crippen LogP contribution in [0.15, 0.2) is 24.3 Å². The van der Waals surface area contributed by atoms with Gasteiger partial charge in [-0.3, -0.25) is 4.79 Å². The van der Waals surface area contributed by atoms with Crippen LogP contribution in [-0.4, -0.2) is 18.5 Å². The Morgan fingerprint density at radius 1 is 1.32 bits per heavy atom. The molecule has 3 N–H and O–H groups in total. The first-order chi connectivity index (χ1) is 8.75. The van der Waals surface area contributed by atoms with E-state index < -0.39 is 0 Å². The molecule has 1 rings (SSSR count). The Bertz CT molecular complexity index is 438. The van der Waals surface area contributed by atoms with Crippen molar-refractivity contribution in [3.05, 3.63) is 35.4 Å². The summed E-state index contributed by atoms with van der Waals surface area (Å²) in [6.45, 7) is 10.7. The Balaban J connectivity index is 2.71. The lowest BCUT2D eigenvalue weighted by Gasteiger charge is -2.28. The van der Waals surface area contributed by atoms with Gasteiger partial charge in [0, 0.05) is 23.9 Å². The van der Waals surface area contributed by atoms with Crippen molar-refractivity contribution in [1.29, 1.82) is 0 Å². The van der Waals surface area contributed by atoms with Crippen LogP contribution in [0.1, 0.15) is 38.8 Å². The van der Waals surface area contributed by atoms with Gasteiger partial charge in [0.2, 0.25) is 5.91 Å². The fraction of sp³-hybridized carbons (Fsp3) is 0.562. The highest BCUT2D eigenvalue weighted by Gasteiger charge is 2.24. The maximum atomic E-state index is 12.0. The second-order valence-electron chi connectivity index (χ2n) is 6.06. The van der Waals surface area contributed by atoms with Gasteiger partial charge >= 0.3 is 0 Å². The number of rotatable bonds is 5. The predicted octanol–water partition coefficient (Wildman–Crippen LogP) is 2.37. The SMILES string of the molecule is Cc1ccccc1C(C)(C)CNC(=O)C(C)C(C)N. The molecule has 0 heterocycles. The van der Waals surface area contributed by atoms with Gasteiger partial charge in [-0.2, -0.15) is 0 Å². The average Bonchev–Trinajstić information content (AvgIpc) is 2.35. The average molecular weight is 262 g/mol. The van der Waals surface area contributed by atoms with Gasteiger partial charge in [0.1, 0.15) is 0 Å². The Hall–Kier alpha value is -1.35. The summed E-state index contributed by atoms with van der Waals surface area (Å²) < 4.78 is 0. The number of aryl methyl sites for hydroxylation is 1. The van der Waals surface area contributed by atoms with Crippen LogP contribution in [0, 0.1) is 12.8 Å². The van der Waals surface area contributed by atoms with Crippen LogP contribution in [0.2, 0.25) is 0 Å². The predicted molar refractivity (Wildman–Crippen MR) is 80.0 cm³/mol. The minimum Gasteiger partial charge on any atom is -0.355 e. The Morgan fingerprint density at radius 3 is 2.42 bits per heavy atom. The molecule has 2 unspecified atom stereocenters. The van der Waals surface area contributed by atoms with Crippen molar-refractivity contribution in [3.8, 4) is 0 Å². The zero-order valence-corrected chi connectivity index (χ0v) is 12.7. The maximum Gasteiger partial charge on any atom is 0.224 e. The number of carbonyl (C=O) groups excluding carboxylic acids is 1. The van der Waals surface area contributed by atoms with Gasteiger partial charge in [0.15, 0.2) is 0 Å². The molecule has 0 aliphatic carbocycles. The molecule has 0 spiro atoms. The number of carbonyl (C=O) groups is 1. The van der Waals surface area contributed by atoms with Crippen LogP contribution in [0.4, 0.5) is 0 Å². The van der Waals surface area contributed by atoms with Gasteiger partial charge in [0.25, 0.3) is 0 Å². The molecule has 0 saturated carbocycles. The van der Waals surface area contributed by atoms with Crippen LogP contribution >= 0.6 is 0 Å². The summed E-state index contributed by atoms with van der Waals surface area (Å²) in [6, 6.07) is 8.17. The number of nitrogens with two attached hydrogens (primary N) is 1. The second kappa shape index (κ2) is 6.20. The van der Waals surface area contributed by atoms with Crippen LogP contribution in [0.25, 0.3) is 0 Å². The van der Waals surface area contributed by atoms with Crippen molar-refractivity contribution in [1.82, 2.24) is 5.32 Å². The fourth-order valence-corrected chi connectivity index (χ4v) is 2.14. The molecule has 2 atom stereocenters. The van der Waals surface area contributed by atoms with Crippen molar-refractivity contribution in [2.75, 3.05) is 6.54 Å². The molecular weight excluding hydrogens is 236 g/mol. The Morgan fingerprint density at radius 2 is 1.89 bits per heavy atom. The molecule has 0 fully saturated rings. The topological polar surface area (TPSA) is 55.1 Å². The van der Waals surface area contributed by atoms with E-state index in [1.54, 1.807) is 0 Å². The largest absolute Gasteiger partial charge is 0.355 e. The molecule has 1 aromatic rings. The quantitative estimate of drug-likeness (QED) is 0.856. The van der Waals surface area contributed by atoms with E-state index in [1.165, 1.54) is 11.1 Å². The van der Waals surface area contributed by atoms with Gasteiger partial charge in [-0.15, -0.1) is 0 Å². The Labute approximate surface area is 116 Å². The van der Waals surface area contributed by atoms with E-state index in [-0.39, 0.29) is 23.3 Å². The number of nitrogens with one attached hydrogen (secondary N) is 1. The standard InChI is InChI=1S/C16H26N2O/c1-11-8-6-7-9-14(11)16(4,5)10-18-15(19)12(2)13(3)17/h6-9,12-13H,10,17H2,1-5H3,(H,18,19). The smallest absolute Gasteiger partial charge is 0.224 e. The first-order valence-electron chi connectivity index (χ1n) is 6.85. The third-order valence-electron chi connectivity index (χ3n) is 3.78. The van der Waals surface area contributed by atoms with Crippen LogP contribution in [0.3, 0.4) is 0 Å². The summed E-state index contributed by atoms with van der Waals surface area (Å²) in [7, 11) is 0. The van der Waals surface area contributed by atoms with Gasteiger partial charge in [-0.25, -0.2) is 0 Å². The van der Waals surface area contributed by atoms with Crippen molar-refractivity contribution in [2.45, 2.75) is 46.1 Å². The zero-order valence-electron chi connectivity index (χ0n) is 12.7. The summed E-state index contributed by atoms with van der Waals surface area (Å²) in [6.07, 6.45) is 0. The highest BCUT2D eigenvalue weighted by atomic mass is 16.1. The number of hydrogen-bond donors (Lipinski definition) is 2. The summed E-state index contributed by atoms with van der Waals surface area (Å²) in [5.41, 5.74) is 8.19. The lowest BCUT2D eigenvalue weighted by Crippen LogP contribution is -2.43. The van der Waals surface area contributed by atoms with Crippen LogP contribution in [0.5, 0.6) is 0 Å². The van der Waals surface area contributed by atoms with Crippen molar-refractivity contribution in [3.63, 3.8) is 0 Å². The van der Waals surface area contributed by atoms with Crippen molar-refractivity contribution >= 4 is 5.91 Å². The minimum atomic E-state index is -0.160. The van der Waals surface area contributed by atoms with Gasteiger partial charge in [-0.1, -0.05) is 45.0 Å². The molecule has 0 aliphatic rings. The molecule has 19 heavy (non-hydrogen) atoms. The molecular formula is C16H26N2O. The molecule has 1 aromatic carbocycles. The molecule has 106 valence electrons. The molecule has 1 amide bonds.